The first-order chi connectivity index (χ1) is 11.7. The number of nitrogens with one attached hydrogen (secondary N) is 2. The predicted octanol–water partition coefficient (Wildman–Crippen LogP) is 4.54. The quantitative estimate of drug-likeness (QED) is 0.809. The molecule has 0 spiro atoms. The molecule has 3 rings (SSSR count). The first-order valence-corrected chi connectivity index (χ1v) is 8.63. The molecule has 2 aromatic rings. The molecule has 1 aromatic heterocycles. The lowest BCUT2D eigenvalue weighted by Gasteiger charge is -2.18. The largest absolute Gasteiger partial charge is 0.367 e. The Morgan fingerprint density at radius 3 is 2.58 bits per heavy atom. The van der Waals surface area contributed by atoms with Crippen LogP contribution in [0.15, 0.2) is 30.3 Å². The number of benzene rings is 1. The van der Waals surface area contributed by atoms with Crippen molar-refractivity contribution in [1.82, 2.24) is 9.97 Å². The average molecular weight is 321 g/mol. The maximum atomic E-state index is 9.21. The van der Waals surface area contributed by atoms with Gasteiger partial charge in [0.1, 0.15) is 11.9 Å². The summed E-state index contributed by atoms with van der Waals surface area (Å²) < 4.78 is 0. The van der Waals surface area contributed by atoms with Gasteiger partial charge in [0.2, 0.25) is 5.95 Å². The van der Waals surface area contributed by atoms with Crippen LogP contribution in [-0.4, -0.2) is 16.0 Å². The smallest absolute Gasteiger partial charge is 0.229 e. The van der Waals surface area contributed by atoms with Crippen molar-refractivity contribution >= 4 is 17.5 Å². The SMILES string of the molecule is Cc1cc(NC2CCCCCC2)nc(Nc2ccccc2C#N)n1. The summed E-state index contributed by atoms with van der Waals surface area (Å²) in [6.45, 7) is 1.96. The van der Waals surface area contributed by atoms with E-state index in [0.29, 0.717) is 17.6 Å². The van der Waals surface area contributed by atoms with Crippen molar-refractivity contribution in [2.45, 2.75) is 51.5 Å². The molecule has 0 radical (unpaired) electrons. The highest BCUT2D eigenvalue weighted by molar-refractivity contribution is 5.63. The minimum atomic E-state index is 0.487. The minimum Gasteiger partial charge on any atom is -0.367 e. The summed E-state index contributed by atoms with van der Waals surface area (Å²) >= 11 is 0. The minimum absolute atomic E-state index is 0.487. The molecule has 1 aliphatic carbocycles. The van der Waals surface area contributed by atoms with Gasteiger partial charge in [0.05, 0.1) is 11.3 Å². The van der Waals surface area contributed by atoms with E-state index in [9.17, 15) is 5.26 Å². The fourth-order valence-electron chi connectivity index (χ4n) is 3.14. The van der Waals surface area contributed by atoms with Crippen molar-refractivity contribution in [3.05, 3.63) is 41.6 Å². The lowest BCUT2D eigenvalue weighted by atomic mass is 10.1. The molecule has 1 fully saturated rings. The van der Waals surface area contributed by atoms with Crippen LogP contribution in [0.5, 0.6) is 0 Å². The maximum Gasteiger partial charge on any atom is 0.229 e. The lowest BCUT2D eigenvalue weighted by molar-refractivity contribution is 0.617. The Balaban J connectivity index is 1.77. The highest BCUT2D eigenvalue weighted by Gasteiger charge is 2.13. The van der Waals surface area contributed by atoms with Gasteiger partial charge in [0.15, 0.2) is 0 Å². The Hall–Kier alpha value is -2.61. The molecule has 0 amide bonds. The van der Waals surface area contributed by atoms with Gasteiger partial charge in [-0.25, -0.2) is 4.98 Å². The standard InChI is InChI=1S/C19H23N5/c1-14-12-18(22-16-9-4-2-3-5-10-16)24-19(21-14)23-17-11-7-6-8-15(17)13-20/h6-8,11-12,16H,2-5,9-10H2,1H3,(H2,21,22,23,24). The summed E-state index contributed by atoms with van der Waals surface area (Å²) in [5, 5.41) is 15.9. The topological polar surface area (TPSA) is 73.6 Å². The number of hydrogen-bond acceptors (Lipinski definition) is 5. The second-order valence-electron chi connectivity index (χ2n) is 6.33. The van der Waals surface area contributed by atoms with Gasteiger partial charge in [0, 0.05) is 17.8 Å². The number of aryl methyl sites for hydroxylation is 1. The van der Waals surface area contributed by atoms with Crippen molar-refractivity contribution in [2.75, 3.05) is 10.6 Å². The summed E-state index contributed by atoms with van der Waals surface area (Å²) in [4.78, 5) is 9.03. The number of nitriles is 1. The van der Waals surface area contributed by atoms with Crippen LogP contribution in [0.2, 0.25) is 0 Å². The fourth-order valence-corrected chi connectivity index (χ4v) is 3.14. The zero-order valence-corrected chi connectivity index (χ0v) is 14.0. The highest BCUT2D eigenvalue weighted by atomic mass is 15.1. The molecule has 1 heterocycles. The van der Waals surface area contributed by atoms with E-state index in [4.69, 9.17) is 0 Å². The second-order valence-corrected chi connectivity index (χ2v) is 6.33. The van der Waals surface area contributed by atoms with Gasteiger partial charge in [0.25, 0.3) is 0 Å². The lowest BCUT2D eigenvalue weighted by Crippen LogP contribution is -2.19. The van der Waals surface area contributed by atoms with E-state index in [1.807, 2.05) is 31.2 Å². The Kier molecular flexibility index (Phi) is 5.27. The van der Waals surface area contributed by atoms with Gasteiger partial charge in [-0.05, 0) is 31.9 Å². The summed E-state index contributed by atoms with van der Waals surface area (Å²) in [5.41, 5.74) is 2.21. The summed E-state index contributed by atoms with van der Waals surface area (Å²) in [6.07, 6.45) is 7.62. The van der Waals surface area contributed by atoms with Gasteiger partial charge in [-0.15, -0.1) is 0 Å². The number of aromatic nitrogens is 2. The first-order valence-electron chi connectivity index (χ1n) is 8.63. The Morgan fingerprint density at radius 2 is 1.83 bits per heavy atom. The van der Waals surface area contributed by atoms with Crippen molar-refractivity contribution < 1.29 is 0 Å². The zero-order chi connectivity index (χ0) is 16.8. The third kappa shape index (κ3) is 4.23. The van der Waals surface area contributed by atoms with E-state index in [-0.39, 0.29) is 0 Å². The van der Waals surface area contributed by atoms with Crippen LogP contribution in [-0.2, 0) is 0 Å². The van der Waals surface area contributed by atoms with Gasteiger partial charge in [-0.1, -0.05) is 37.8 Å². The van der Waals surface area contributed by atoms with E-state index in [2.05, 4.69) is 26.7 Å². The molecule has 1 aromatic carbocycles. The maximum absolute atomic E-state index is 9.21. The molecule has 0 bridgehead atoms. The van der Waals surface area contributed by atoms with Gasteiger partial charge in [-0.2, -0.15) is 10.2 Å². The second kappa shape index (κ2) is 7.78. The van der Waals surface area contributed by atoms with E-state index in [1.54, 1.807) is 6.07 Å². The summed E-state index contributed by atoms with van der Waals surface area (Å²) in [6, 6.07) is 12.0. The molecular formula is C19H23N5. The Bertz CT molecular complexity index is 727. The molecule has 1 saturated carbocycles. The van der Waals surface area contributed by atoms with Crippen molar-refractivity contribution in [2.24, 2.45) is 0 Å². The fraction of sp³-hybridized carbons (Fsp3) is 0.421. The van der Waals surface area contributed by atoms with Crippen LogP contribution in [0, 0.1) is 18.3 Å². The molecule has 1 aliphatic rings. The number of rotatable bonds is 4. The van der Waals surface area contributed by atoms with Gasteiger partial charge < -0.3 is 10.6 Å². The molecular weight excluding hydrogens is 298 g/mol. The van der Waals surface area contributed by atoms with Crippen LogP contribution < -0.4 is 10.6 Å². The Morgan fingerprint density at radius 1 is 1.08 bits per heavy atom. The average Bonchev–Trinajstić information content (AvgIpc) is 2.83. The molecule has 2 N–H and O–H groups in total. The van der Waals surface area contributed by atoms with Crippen molar-refractivity contribution in [3.8, 4) is 6.07 Å². The normalized spacial score (nSPS) is 15.3. The van der Waals surface area contributed by atoms with E-state index in [0.717, 1.165) is 17.2 Å². The molecule has 0 aliphatic heterocycles. The van der Waals surface area contributed by atoms with Crippen LogP contribution in [0.1, 0.15) is 49.8 Å². The summed E-state index contributed by atoms with van der Waals surface area (Å²) in [5.74, 6) is 1.38. The zero-order valence-electron chi connectivity index (χ0n) is 14.0. The molecule has 24 heavy (non-hydrogen) atoms. The molecule has 124 valence electrons. The molecule has 0 atom stereocenters. The van der Waals surface area contributed by atoms with Gasteiger partial charge in [-0.3, -0.25) is 0 Å². The van der Waals surface area contributed by atoms with Crippen LogP contribution in [0.4, 0.5) is 17.5 Å². The van der Waals surface area contributed by atoms with E-state index in [1.165, 1.54) is 38.5 Å². The highest BCUT2D eigenvalue weighted by Crippen LogP contribution is 2.23. The monoisotopic (exact) mass is 321 g/mol. The number of hydrogen-bond donors (Lipinski definition) is 2. The van der Waals surface area contributed by atoms with Crippen LogP contribution in [0.3, 0.4) is 0 Å². The first kappa shape index (κ1) is 16.3. The molecule has 0 unspecified atom stereocenters. The molecule has 5 heteroatoms. The Labute approximate surface area is 143 Å². The number of anilines is 3. The van der Waals surface area contributed by atoms with Crippen molar-refractivity contribution in [3.63, 3.8) is 0 Å². The van der Waals surface area contributed by atoms with E-state index < -0.39 is 0 Å². The van der Waals surface area contributed by atoms with Crippen molar-refractivity contribution in [1.29, 1.82) is 5.26 Å². The number of para-hydroxylation sites is 1. The van der Waals surface area contributed by atoms with Crippen LogP contribution in [0.25, 0.3) is 0 Å². The van der Waals surface area contributed by atoms with Gasteiger partial charge >= 0.3 is 0 Å². The third-order valence-electron chi connectivity index (χ3n) is 4.36. The summed E-state index contributed by atoms with van der Waals surface area (Å²) in [7, 11) is 0. The molecule has 5 nitrogen and oxygen atoms in total. The van der Waals surface area contributed by atoms with Crippen LogP contribution >= 0.6 is 0 Å². The van der Waals surface area contributed by atoms with E-state index >= 15 is 0 Å². The third-order valence-corrected chi connectivity index (χ3v) is 4.36. The number of nitrogens with zero attached hydrogens (tertiary/aromatic N) is 3. The predicted molar refractivity (Wildman–Crippen MR) is 96.3 cm³/mol. The molecule has 0 saturated heterocycles.